The second-order valence-corrected chi connectivity index (χ2v) is 7.28. The van der Waals surface area contributed by atoms with Gasteiger partial charge in [-0.3, -0.25) is 4.98 Å². The Morgan fingerprint density at radius 3 is 2.40 bits per heavy atom. The molecule has 0 radical (unpaired) electrons. The number of hydrogen-bond donors (Lipinski definition) is 0. The molecule has 0 saturated heterocycles. The molecule has 0 saturated carbocycles. The number of halogens is 3. The van der Waals surface area contributed by atoms with E-state index < -0.39 is 27.3 Å². The van der Waals surface area contributed by atoms with Crippen molar-refractivity contribution in [2.24, 2.45) is 0 Å². The van der Waals surface area contributed by atoms with E-state index in [-0.39, 0.29) is 18.0 Å². The highest BCUT2D eigenvalue weighted by Crippen LogP contribution is 2.28. The quantitative estimate of drug-likeness (QED) is 0.329. The van der Waals surface area contributed by atoms with E-state index in [9.17, 15) is 26.4 Å². The molecule has 0 amide bonds. The van der Waals surface area contributed by atoms with Crippen molar-refractivity contribution in [1.29, 1.82) is 0 Å². The third-order valence-corrected chi connectivity index (χ3v) is 4.66. The number of esters is 1. The van der Waals surface area contributed by atoms with Gasteiger partial charge in [0, 0.05) is 6.07 Å². The summed E-state index contributed by atoms with van der Waals surface area (Å²) in [5, 5.41) is 4.22. The van der Waals surface area contributed by atoms with Gasteiger partial charge in [0.1, 0.15) is 0 Å². The highest BCUT2D eigenvalue weighted by atomic mass is 32.2. The predicted octanol–water partition coefficient (Wildman–Crippen LogP) is 3.34. The van der Waals surface area contributed by atoms with E-state index in [1.807, 2.05) is 0 Å². The van der Waals surface area contributed by atoms with Gasteiger partial charge in [-0.25, -0.2) is 9.48 Å². The minimum atomic E-state index is -5.81. The highest BCUT2D eigenvalue weighted by Gasteiger charge is 2.48. The minimum Gasteiger partial charge on any atom is -0.461 e. The predicted molar refractivity (Wildman–Crippen MR) is 98.4 cm³/mol. The molecule has 1 aromatic carbocycles. The molecule has 30 heavy (non-hydrogen) atoms. The van der Waals surface area contributed by atoms with Gasteiger partial charge in [-0.15, -0.1) is 0 Å². The number of ether oxygens (including phenoxy) is 1. The number of benzene rings is 1. The highest BCUT2D eigenvalue weighted by molar-refractivity contribution is 7.88. The fourth-order valence-electron chi connectivity index (χ4n) is 2.39. The minimum absolute atomic E-state index is 0.00233. The zero-order valence-electron chi connectivity index (χ0n) is 15.3. The number of pyridine rings is 1. The number of aromatic nitrogens is 3. The molecule has 0 aliphatic carbocycles. The summed E-state index contributed by atoms with van der Waals surface area (Å²) in [6.45, 7) is 1.78. The molecule has 3 rings (SSSR count). The second kappa shape index (κ2) is 8.14. The van der Waals surface area contributed by atoms with Crippen LogP contribution in [0.2, 0.25) is 0 Å². The summed E-state index contributed by atoms with van der Waals surface area (Å²) >= 11 is 0. The smallest absolute Gasteiger partial charge is 0.461 e. The zero-order valence-corrected chi connectivity index (χ0v) is 16.1. The Labute approximate surface area is 169 Å². The largest absolute Gasteiger partial charge is 0.534 e. The van der Waals surface area contributed by atoms with E-state index in [1.54, 1.807) is 37.3 Å². The van der Waals surface area contributed by atoms with Gasteiger partial charge in [-0.2, -0.15) is 26.7 Å². The van der Waals surface area contributed by atoms with Crippen LogP contribution >= 0.6 is 0 Å². The number of carbonyl (C=O) groups is 1. The summed E-state index contributed by atoms with van der Waals surface area (Å²) in [4.78, 5) is 16.0. The Morgan fingerprint density at radius 1 is 1.13 bits per heavy atom. The lowest BCUT2D eigenvalue weighted by Gasteiger charge is -2.10. The lowest BCUT2D eigenvalue weighted by molar-refractivity contribution is -0.0500. The summed E-state index contributed by atoms with van der Waals surface area (Å²) in [5.74, 6) is -1.28. The summed E-state index contributed by atoms with van der Waals surface area (Å²) < 4.78 is 70.0. The molecule has 2 aromatic heterocycles. The van der Waals surface area contributed by atoms with Gasteiger partial charge in [0.15, 0.2) is 11.4 Å². The summed E-state index contributed by atoms with van der Waals surface area (Å²) in [7, 11) is -5.81. The first-order valence-electron chi connectivity index (χ1n) is 8.42. The second-order valence-electron chi connectivity index (χ2n) is 5.74. The average molecular weight is 441 g/mol. The fourth-order valence-corrected chi connectivity index (χ4v) is 2.84. The molecule has 0 bridgehead atoms. The lowest BCUT2D eigenvalue weighted by Crippen LogP contribution is -2.28. The van der Waals surface area contributed by atoms with Crippen LogP contribution in [-0.2, 0) is 14.9 Å². The van der Waals surface area contributed by atoms with Gasteiger partial charge in [0.2, 0.25) is 0 Å². The molecular weight excluding hydrogens is 427 g/mol. The molecule has 2 heterocycles. The van der Waals surface area contributed by atoms with Gasteiger partial charge in [0.25, 0.3) is 0 Å². The van der Waals surface area contributed by atoms with Gasteiger partial charge in [-0.1, -0.05) is 18.2 Å². The topological polar surface area (TPSA) is 100 Å². The maximum absolute atomic E-state index is 12.5. The van der Waals surface area contributed by atoms with E-state index in [2.05, 4.69) is 14.3 Å². The van der Waals surface area contributed by atoms with Crippen molar-refractivity contribution in [2.45, 2.75) is 12.4 Å². The van der Waals surface area contributed by atoms with Crippen LogP contribution in [0.25, 0.3) is 17.1 Å². The van der Waals surface area contributed by atoms with Crippen LogP contribution in [0.15, 0.2) is 54.7 Å². The number of rotatable bonds is 6. The van der Waals surface area contributed by atoms with Gasteiger partial charge in [0.05, 0.1) is 29.9 Å². The average Bonchev–Trinajstić information content (AvgIpc) is 3.14. The number of carbonyl (C=O) groups excluding carboxylic acids is 1. The Morgan fingerprint density at radius 2 is 1.83 bits per heavy atom. The van der Waals surface area contributed by atoms with E-state index in [0.717, 1.165) is 12.3 Å². The first-order chi connectivity index (χ1) is 14.1. The van der Waals surface area contributed by atoms with Gasteiger partial charge >= 0.3 is 21.6 Å². The Kier molecular flexibility index (Phi) is 5.78. The SMILES string of the molecule is CCOC(=O)c1cc(-c2ccc(OS(=O)(=O)C(F)(F)F)cn2)n(-c2ccccc2)n1. The van der Waals surface area contributed by atoms with Crippen LogP contribution in [-0.4, -0.2) is 41.3 Å². The van der Waals surface area contributed by atoms with E-state index in [0.29, 0.717) is 11.4 Å². The van der Waals surface area contributed by atoms with Crippen molar-refractivity contribution >= 4 is 16.1 Å². The maximum Gasteiger partial charge on any atom is 0.534 e. The first-order valence-corrected chi connectivity index (χ1v) is 9.83. The number of hydrogen-bond acceptors (Lipinski definition) is 7. The molecule has 3 aromatic rings. The van der Waals surface area contributed by atoms with Crippen molar-refractivity contribution in [3.63, 3.8) is 0 Å². The van der Waals surface area contributed by atoms with Gasteiger partial charge < -0.3 is 8.92 Å². The number of para-hydroxylation sites is 1. The van der Waals surface area contributed by atoms with Crippen molar-refractivity contribution in [3.05, 3.63) is 60.4 Å². The molecule has 0 fully saturated rings. The van der Waals surface area contributed by atoms with Crippen molar-refractivity contribution < 1.29 is 35.3 Å². The molecular formula is C18H14F3N3O5S. The van der Waals surface area contributed by atoms with Crippen LogP contribution < -0.4 is 4.18 Å². The molecule has 0 atom stereocenters. The Balaban J connectivity index is 1.99. The summed E-state index contributed by atoms with van der Waals surface area (Å²) in [6.07, 6.45) is 0.824. The monoisotopic (exact) mass is 441 g/mol. The third-order valence-electron chi connectivity index (χ3n) is 3.68. The molecule has 0 spiro atoms. The molecule has 0 aliphatic heterocycles. The lowest BCUT2D eigenvalue weighted by atomic mass is 10.2. The number of nitrogens with zero attached hydrogens (tertiary/aromatic N) is 3. The number of alkyl halides is 3. The normalized spacial score (nSPS) is 11.9. The Bertz CT molecular complexity index is 1140. The van der Waals surface area contributed by atoms with E-state index in [4.69, 9.17) is 4.74 Å². The fraction of sp³-hybridized carbons (Fsp3) is 0.167. The standard InChI is InChI=1S/C18H14F3N3O5S/c1-2-28-17(25)15-10-16(24(23-15)12-6-4-3-5-7-12)14-9-8-13(11-22-14)29-30(26,27)18(19,20)21/h3-11H,2H2,1H3. The zero-order chi connectivity index (χ0) is 21.9. The third kappa shape index (κ3) is 4.43. The molecule has 158 valence electrons. The van der Waals surface area contributed by atoms with Crippen LogP contribution in [0.5, 0.6) is 5.75 Å². The van der Waals surface area contributed by atoms with Crippen LogP contribution in [0, 0.1) is 0 Å². The summed E-state index contributed by atoms with van der Waals surface area (Å²) in [6, 6.07) is 12.4. The van der Waals surface area contributed by atoms with Crippen LogP contribution in [0.3, 0.4) is 0 Å². The molecule has 0 unspecified atom stereocenters. The van der Waals surface area contributed by atoms with Gasteiger partial charge in [-0.05, 0) is 31.2 Å². The molecule has 0 N–H and O–H groups in total. The summed E-state index contributed by atoms with van der Waals surface area (Å²) in [5.41, 5.74) is -4.44. The van der Waals surface area contributed by atoms with E-state index in [1.165, 1.54) is 16.8 Å². The van der Waals surface area contributed by atoms with Crippen LogP contribution in [0.4, 0.5) is 13.2 Å². The van der Waals surface area contributed by atoms with Crippen LogP contribution in [0.1, 0.15) is 17.4 Å². The van der Waals surface area contributed by atoms with Crippen molar-refractivity contribution in [2.75, 3.05) is 6.61 Å². The maximum atomic E-state index is 12.5. The van der Waals surface area contributed by atoms with Crippen molar-refractivity contribution in [3.8, 4) is 22.8 Å². The first kappa shape index (κ1) is 21.3. The molecule has 8 nitrogen and oxygen atoms in total. The Hall–Kier alpha value is -3.41. The van der Waals surface area contributed by atoms with E-state index >= 15 is 0 Å². The molecule has 0 aliphatic rings. The van der Waals surface area contributed by atoms with Crippen molar-refractivity contribution in [1.82, 2.24) is 14.8 Å². The molecule has 12 heteroatoms.